The normalized spacial score (nSPS) is 21.4. The van der Waals surface area contributed by atoms with Gasteiger partial charge in [0.25, 0.3) is 0 Å². The number of carbonyl (C=O) groups is 1. The molecule has 2 rings (SSSR count). The summed E-state index contributed by atoms with van der Waals surface area (Å²) < 4.78 is 2.04. The molecule has 0 heterocycles. The van der Waals surface area contributed by atoms with Crippen LogP contribution in [0.15, 0.2) is 27.1 Å². The van der Waals surface area contributed by atoms with Crippen LogP contribution in [0.5, 0.6) is 0 Å². The van der Waals surface area contributed by atoms with Gasteiger partial charge in [-0.1, -0.05) is 12.1 Å². The number of hydrogen-bond donors (Lipinski definition) is 0. The third-order valence-electron chi connectivity index (χ3n) is 2.42. The highest BCUT2D eigenvalue weighted by molar-refractivity contribution is 9.13. The molecule has 0 aromatic heterocycles. The van der Waals surface area contributed by atoms with Crippen LogP contribution in [0.4, 0.5) is 0 Å². The van der Waals surface area contributed by atoms with Crippen molar-refractivity contribution in [1.82, 2.24) is 0 Å². The molecule has 13 heavy (non-hydrogen) atoms. The second-order valence-electron chi connectivity index (χ2n) is 3.20. The SMILES string of the molecule is O=C1CCC1c1cccc(Br)c1Br. The lowest BCUT2D eigenvalue weighted by Crippen LogP contribution is -2.23. The topological polar surface area (TPSA) is 17.1 Å². The summed E-state index contributed by atoms with van der Waals surface area (Å²) in [4.78, 5) is 11.3. The highest BCUT2D eigenvalue weighted by atomic mass is 79.9. The zero-order valence-corrected chi connectivity index (χ0v) is 10.1. The number of carbonyl (C=O) groups excluding carboxylic acids is 1. The molecule has 0 aliphatic heterocycles. The molecule has 1 saturated carbocycles. The van der Waals surface area contributed by atoms with Crippen LogP contribution in [0, 0.1) is 0 Å². The molecule has 1 aliphatic carbocycles. The van der Waals surface area contributed by atoms with E-state index in [1.54, 1.807) is 0 Å². The lowest BCUT2D eigenvalue weighted by molar-refractivity contribution is -0.125. The van der Waals surface area contributed by atoms with Gasteiger partial charge in [0.05, 0.1) is 0 Å². The zero-order valence-electron chi connectivity index (χ0n) is 6.89. The van der Waals surface area contributed by atoms with Crippen molar-refractivity contribution in [3.05, 3.63) is 32.7 Å². The summed E-state index contributed by atoms with van der Waals surface area (Å²) in [7, 11) is 0. The molecular formula is C10H8Br2O. The Hall–Kier alpha value is -0.150. The van der Waals surface area contributed by atoms with Crippen molar-refractivity contribution in [2.45, 2.75) is 18.8 Å². The molecule has 0 radical (unpaired) electrons. The Bertz CT molecular complexity index is 360. The zero-order chi connectivity index (χ0) is 9.42. The molecule has 1 atom stereocenters. The van der Waals surface area contributed by atoms with E-state index in [-0.39, 0.29) is 5.92 Å². The summed E-state index contributed by atoms with van der Waals surface area (Å²) in [6, 6.07) is 5.95. The van der Waals surface area contributed by atoms with E-state index in [1.165, 1.54) is 0 Å². The maximum atomic E-state index is 11.3. The number of hydrogen-bond acceptors (Lipinski definition) is 1. The molecule has 1 aliphatic rings. The Balaban J connectivity index is 2.40. The summed E-state index contributed by atoms with van der Waals surface area (Å²) in [5, 5.41) is 0. The Morgan fingerprint density at radius 2 is 2.08 bits per heavy atom. The van der Waals surface area contributed by atoms with Gasteiger partial charge in [-0.2, -0.15) is 0 Å². The van der Waals surface area contributed by atoms with Crippen molar-refractivity contribution in [2.75, 3.05) is 0 Å². The summed E-state index contributed by atoms with van der Waals surface area (Å²) in [5.74, 6) is 0.491. The molecule has 68 valence electrons. The quantitative estimate of drug-likeness (QED) is 0.774. The molecule has 1 aromatic rings. The number of rotatable bonds is 1. The average Bonchev–Trinajstić information content (AvgIpc) is 2.10. The first-order valence-electron chi connectivity index (χ1n) is 4.17. The van der Waals surface area contributed by atoms with Gasteiger partial charge in [0.15, 0.2) is 0 Å². The van der Waals surface area contributed by atoms with Gasteiger partial charge < -0.3 is 0 Å². The Morgan fingerprint density at radius 3 is 2.62 bits per heavy atom. The second-order valence-corrected chi connectivity index (χ2v) is 4.85. The van der Waals surface area contributed by atoms with Gasteiger partial charge in [-0.15, -0.1) is 0 Å². The van der Waals surface area contributed by atoms with Crippen LogP contribution in [-0.2, 0) is 4.79 Å². The maximum Gasteiger partial charge on any atom is 0.140 e. The first kappa shape index (κ1) is 9.41. The molecule has 3 heteroatoms. The van der Waals surface area contributed by atoms with E-state index in [2.05, 4.69) is 31.9 Å². The van der Waals surface area contributed by atoms with E-state index >= 15 is 0 Å². The van der Waals surface area contributed by atoms with Gasteiger partial charge in [0.1, 0.15) is 5.78 Å². The van der Waals surface area contributed by atoms with Crippen molar-refractivity contribution in [1.29, 1.82) is 0 Å². The predicted octanol–water partition coefficient (Wildman–Crippen LogP) is 3.66. The van der Waals surface area contributed by atoms with Crippen molar-refractivity contribution < 1.29 is 4.79 Å². The summed E-state index contributed by atoms with van der Waals surface area (Å²) in [5.41, 5.74) is 1.12. The van der Waals surface area contributed by atoms with E-state index in [9.17, 15) is 4.79 Å². The standard InChI is InChI=1S/C10H8Br2O/c11-8-3-1-2-7(10(8)12)6-4-5-9(6)13/h1-3,6H,4-5H2. The number of halogens is 2. The highest BCUT2D eigenvalue weighted by Crippen LogP contribution is 2.39. The van der Waals surface area contributed by atoms with Crippen LogP contribution in [0.1, 0.15) is 24.3 Å². The van der Waals surface area contributed by atoms with Crippen molar-refractivity contribution in [2.24, 2.45) is 0 Å². The average molecular weight is 304 g/mol. The Labute approximate surface area is 93.8 Å². The van der Waals surface area contributed by atoms with Gasteiger partial charge in [-0.05, 0) is 49.9 Å². The second kappa shape index (κ2) is 3.54. The molecule has 0 spiro atoms. The number of benzene rings is 1. The first-order valence-corrected chi connectivity index (χ1v) is 5.75. The van der Waals surface area contributed by atoms with Gasteiger partial charge in [-0.25, -0.2) is 0 Å². The summed E-state index contributed by atoms with van der Waals surface area (Å²) in [6.45, 7) is 0. The molecule has 1 aromatic carbocycles. The summed E-state index contributed by atoms with van der Waals surface area (Å²) in [6.07, 6.45) is 1.73. The molecule has 0 saturated heterocycles. The third-order valence-corrected chi connectivity index (χ3v) is 4.50. The van der Waals surface area contributed by atoms with Crippen molar-refractivity contribution >= 4 is 37.6 Å². The first-order chi connectivity index (χ1) is 6.20. The fourth-order valence-electron chi connectivity index (χ4n) is 1.53. The number of Topliss-reactive ketones (excluding diaryl/α,β-unsaturated/α-hetero) is 1. The fraction of sp³-hybridized carbons (Fsp3) is 0.300. The van der Waals surface area contributed by atoms with Gasteiger partial charge >= 0.3 is 0 Å². The van der Waals surface area contributed by atoms with Gasteiger partial charge in [0.2, 0.25) is 0 Å². The van der Waals surface area contributed by atoms with E-state index in [1.807, 2.05) is 18.2 Å². The number of ketones is 1. The van der Waals surface area contributed by atoms with Crippen LogP contribution in [0.2, 0.25) is 0 Å². The van der Waals surface area contributed by atoms with Crippen LogP contribution in [0.25, 0.3) is 0 Å². The Morgan fingerprint density at radius 1 is 1.31 bits per heavy atom. The lowest BCUT2D eigenvalue weighted by Gasteiger charge is -2.25. The van der Waals surface area contributed by atoms with Crippen LogP contribution in [-0.4, -0.2) is 5.78 Å². The summed E-state index contributed by atoms with van der Waals surface area (Å²) >= 11 is 6.91. The van der Waals surface area contributed by atoms with Crippen molar-refractivity contribution in [3.8, 4) is 0 Å². The van der Waals surface area contributed by atoms with E-state index in [4.69, 9.17) is 0 Å². The predicted molar refractivity (Wildman–Crippen MR) is 58.8 cm³/mol. The van der Waals surface area contributed by atoms with Gasteiger partial charge in [0, 0.05) is 21.3 Å². The minimum absolute atomic E-state index is 0.131. The van der Waals surface area contributed by atoms with Crippen LogP contribution < -0.4 is 0 Å². The lowest BCUT2D eigenvalue weighted by atomic mass is 9.79. The molecule has 1 nitrogen and oxygen atoms in total. The smallest absolute Gasteiger partial charge is 0.140 e. The largest absolute Gasteiger partial charge is 0.299 e. The Kier molecular flexibility index (Phi) is 2.56. The third kappa shape index (κ3) is 1.59. The monoisotopic (exact) mass is 302 g/mol. The molecule has 1 fully saturated rings. The van der Waals surface area contributed by atoms with Crippen LogP contribution >= 0.6 is 31.9 Å². The highest BCUT2D eigenvalue weighted by Gasteiger charge is 2.31. The van der Waals surface area contributed by atoms with Gasteiger partial charge in [-0.3, -0.25) is 4.79 Å². The van der Waals surface area contributed by atoms with E-state index < -0.39 is 0 Å². The molecule has 1 unspecified atom stereocenters. The maximum absolute atomic E-state index is 11.3. The molecular weight excluding hydrogens is 296 g/mol. The minimum Gasteiger partial charge on any atom is -0.299 e. The fourth-order valence-corrected chi connectivity index (χ4v) is 2.45. The van der Waals surface area contributed by atoms with E-state index in [0.717, 1.165) is 27.4 Å². The molecule has 0 bridgehead atoms. The van der Waals surface area contributed by atoms with Crippen LogP contribution in [0.3, 0.4) is 0 Å². The minimum atomic E-state index is 0.131. The molecule has 0 N–H and O–H groups in total. The molecule has 0 amide bonds. The van der Waals surface area contributed by atoms with E-state index in [0.29, 0.717) is 5.78 Å². The van der Waals surface area contributed by atoms with Crippen molar-refractivity contribution in [3.63, 3.8) is 0 Å².